The molecule has 0 aliphatic carbocycles. The van der Waals surface area contributed by atoms with Crippen LogP contribution in [0.25, 0.3) is 0 Å². The van der Waals surface area contributed by atoms with Crippen molar-refractivity contribution in [3.8, 4) is 5.75 Å². The zero-order valence-corrected chi connectivity index (χ0v) is 15.9. The molecule has 1 N–H and O–H groups in total. The minimum atomic E-state index is -0.515. The Morgan fingerprint density at radius 1 is 1.22 bits per heavy atom. The van der Waals surface area contributed by atoms with E-state index in [0.717, 1.165) is 51.4 Å². The number of hydrogen-bond acceptors (Lipinski definition) is 5. The number of piperazine rings is 1. The minimum absolute atomic E-state index is 0.0818. The molecular weight excluding hydrogens is 344 g/mol. The second-order valence-electron chi connectivity index (χ2n) is 7.54. The molecule has 1 aromatic carbocycles. The van der Waals surface area contributed by atoms with E-state index >= 15 is 0 Å². The SMILES string of the molecule is CC1Oc2ccccc2N(CCC(=O)N2CCC(N3CCNCC3)C2)C1=O. The summed E-state index contributed by atoms with van der Waals surface area (Å²) >= 11 is 0. The number of nitrogens with one attached hydrogen (secondary N) is 1. The quantitative estimate of drug-likeness (QED) is 0.843. The maximum atomic E-state index is 12.7. The lowest BCUT2D eigenvalue weighted by molar-refractivity contribution is -0.130. The van der Waals surface area contributed by atoms with Crippen molar-refractivity contribution < 1.29 is 14.3 Å². The van der Waals surface area contributed by atoms with Gasteiger partial charge in [0.2, 0.25) is 5.91 Å². The van der Waals surface area contributed by atoms with Gasteiger partial charge in [0.25, 0.3) is 5.91 Å². The van der Waals surface area contributed by atoms with Gasteiger partial charge in [0.15, 0.2) is 6.10 Å². The Morgan fingerprint density at radius 2 is 2.00 bits per heavy atom. The van der Waals surface area contributed by atoms with Crippen molar-refractivity contribution in [2.75, 3.05) is 50.7 Å². The van der Waals surface area contributed by atoms with Crippen LogP contribution in [0.15, 0.2) is 24.3 Å². The van der Waals surface area contributed by atoms with Crippen LogP contribution in [0.3, 0.4) is 0 Å². The summed E-state index contributed by atoms with van der Waals surface area (Å²) in [6.07, 6.45) is 0.877. The highest BCUT2D eigenvalue weighted by Crippen LogP contribution is 2.33. The first-order valence-corrected chi connectivity index (χ1v) is 9.93. The maximum Gasteiger partial charge on any atom is 0.267 e. The number of anilines is 1. The molecule has 0 radical (unpaired) electrons. The molecule has 0 bridgehead atoms. The van der Waals surface area contributed by atoms with E-state index in [1.807, 2.05) is 29.2 Å². The van der Waals surface area contributed by atoms with Crippen LogP contribution in [0.1, 0.15) is 19.8 Å². The summed E-state index contributed by atoms with van der Waals surface area (Å²) in [6.45, 7) is 7.96. The molecule has 7 heteroatoms. The number of nitrogens with zero attached hydrogens (tertiary/aromatic N) is 3. The number of hydrogen-bond donors (Lipinski definition) is 1. The molecule has 3 aliphatic rings. The maximum absolute atomic E-state index is 12.7. The lowest BCUT2D eigenvalue weighted by Crippen LogP contribution is -2.49. The van der Waals surface area contributed by atoms with Crippen LogP contribution in [0, 0.1) is 0 Å². The van der Waals surface area contributed by atoms with Crippen molar-refractivity contribution in [2.24, 2.45) is 0 Å². The van der Waals surface area contributed by atoms with Crippen molar-refractivity contribution in [3.05, 3.63) is 24.3 Å². The van der Waals surface area contributed by atoms with Gasteiger partial charge in [-0.25, -0.2) is 0 Å². The van der Waals surface area contributed by atoms with Crippen LogP contribution >= 0.6 is 0 Å². The number of benzene rings is 1. The number of ether oxygens (including phenoxy) is 1. The first-order chi connectivity index (χ1) is 13.1. The van der Waals surface area contributed by atoms with Crippen LogP contribution in [0.2, 0.25) is 0 Å². The molecule has 146 valence electrons. The van der Waals surface area contributed by atoms with Crippen molar-refractivity contribution in [2.45, 2.75) is 31.9 Å². The number of amides is 2. The zero-order valence-electron chi connectivity index (χ0n) is 15.9. The monoisotopic (exact) mass is 372 g/mol. The van der Waals surface area contributed by atoms with E-state index in [1.54, 1.807) is 11.8 Å². The standard InChI is InChI=1S/C20H28N4O3/c1-15-20(26)24(17-4-2-3-5-18(17)27-15)11-7-19(25)23-10-6-16(14-23)22-12-8-21-9-13-22/h2-5,15-16,21H,6-14H2,1H3. The Kier molecular flexibility index (Phi) is 5.31. The average Bonchev–Trinajstić information content (AvgIpc) is 3.19. The summed E-state index contributed by atoms with van der Waals surface area (Å²) in [7, 11) is 0. The van der Waals surface area contributed by atoms with E-state index in [1.165, 1.54) is 0 Å². The lowest BCUT2D eigenvalue weighted by atomic mass is 10.1. The number of likely N-dealkylation sites (tertiary alicyclic amines) is 1. The highest BCUT2D eigenvalue weighted by Gasteiger charge is 2.34. The van der Waals surface area contributed by atoms with Gasteiger partial charge in [-0.2, -0.15) is 0 Å². The topological polar surface area (TPSA) is 65.1 Å². The van der Waals surface area contributed by atoms with Crippen LogP contribution in [-0.4, -0.2) is 79.6 Å². The summed E-state index contributed by atoms with van der Waals surface area (Å²) in [5.74, 6) is 0.760. The fourth-order valence-electron chi connectivity index (χ4n) is 4.27. The fourth-order valence-corrected chi connectivity index (χ4v) is 4.27. The molecule has 2 amide bonds. The van der Waals surface area contributed by atoms with Crippen molar-refractivity contribution in [3.63, 3.8) is 0 Å². The fraction of sp³-hybridized carbons (Fsp3) is 0.600. The van der Waals surface area contributed by atoms with Crippen LogP contribution < -0.4 is 15.0 Å². The Hall–Kier alpha value is -2.12. The van der Waals surface area contributed by atoms with Gasteiger partial charge in [-0.05, 0) is 25.5 Å². The number of carbonyl (C=O) groups is 2. The Labute approximate surface area is 160 Å². The van der Waals surface area contributed by atoms with Crippen molar-refractivity contribution >= 4 is 17.5 Å². The molecule has 0 spiro atoms. The van der Waals surface area contributed by atoms with Crippen LogP contribution in [0.5, 0.6) is 5.75 Å². The largest absolute Gasteiger partial charge is 0.479 e. The third-order valence-electron chi connectivity index (χ3n) is 5.81. The van der Waals surface area contributed by atoms with E-state index < -0.39 is 6.10 Å². The molecule has 7 nitrogen and oxygen atoms in total. The minimum Gasteiger partial charge on any atom is -0.479 e. The Bertz CT molecular complexity index is 704. The van der Waals surface area contributed by atoms with Gasteiger partial charge in [-0.3, -0.25) is 14.5 Å². The van der Waals surface area contributed by atoms with Gasteiger partial charge in [0.05, 0.1) is 5.69 Å². The van der Waals surface area contributed by atoms with Crippen LogP contribution in [-0.2, 0) is 9.59 Å². The highest BCUT2D eigenvalue weighted by molar-refractivity contribution is 6.00. The summed E-state index contributed by atoms with van der Waals surface area (Å²) in [4.78, 5) is 31.4. The number of carbonyl (C=O) groups excluding carboxylic acids is 2. The third kappa shape index (κ3) is 3.80. The van der Waals surface area contributed by atoms with E-state index in [9.17, 15) is 9.59 Å². The molecule has 0 aromatic heterocycles. The molecule has 3 heterocycles. The van der Waals surface area contributed by atoms with E-state index in [2.05, 4.69) is 10.2 Å². The summed E-state index contributed by atoms with van der Waals surface area (Å²) in [5.41, 5.74) is 0.758. The van der Waals surface area contributed by atoms with Gasteiger partial charge in [0, 0.05) is 58.3 Å². The van der Waals surface area contributed by atoms with Crippen molar-refractivity contribution in [1.82, 2.24) is 15.1 Å². The molecule has 1 aromatic rings. The number of rotatable bonds is 4. The normalized spacial score (nSPS) is 26.0. The number of fused-ring (bicyclic) bond motifs is 1. The second-order valence-corrected chi connectivity index (χ2v) is 7.54. The lowest BCUT2D eigenvalue weighted by Gasteiger charge is -2.33. The van der Waals surface area contributed by atoms with E-state index in [4.69, 9.17) is 4.74 Å². The molecule has 0 saturated carbocycles. The molecule has 2 atom stereocenters. The molecule has 2 unspecified atom stereocenters. The second kappa shape index (κ2) is 7.86. The average molecular weight is 372 g/mol. The summed E-state index contributed by atoms with van der Waals surface area (Å²) in [5, 5.41) is 3.37. The smallest absolute Gasteiger partial charge is 0.267 e. The third-order valence-corrected chi connectivity index (χ3v) is 5.81. The van der Waals surface area contributed by atoms with Gasteiger partial charge >= 0.3 is 0 Å². The first kappa shape index (κ1) is 18.3. The van der Waals surface area contributed by atoms with Gasteiger partial charge in [-0.15, -0.1) is 0 Å². The highest BCUT2D eigenvalue weighted by atomic mass is 16.5. The molecule has 27 heavy (non-hydrogen) atoms. The van der Waals surface area contributed by atoms with E-state index in [-0.39, 0.29) is 11.8 Å². The first-order valence-electron chi connectivity index (χ1n) is 9.93. The molecule has 3 aliphatic heterocycles. The Morgan fingerprint density at radius 3 is 2.81 bits per heavy atom. The summed E-state index contributed by atoms with van der Waals surface area (Å²) in [6, 6.07) is 8.00. The Balaban J connectivity index is 1.35. The summed E-state index contributed by atoms with van der Waals surface area (Å²) < 4.78 is 5.66. The van der Waals surface area contributed by atoms with Gasteiger partial charge in [-0.1, -0.05) is 12.1 Å². The predicted octanol–water partition coefficient (Wildman–Crippen LogP) is 0.697. The zero-order chi connectivity index (χ0) is 18.8. The van der Waals surface area contributed by atoms with Gasteiger partial charge < -0.3 is 19.9 Å². The number of para-hydroxylation sites is 2. The predicted molar refractivity (Wildman–Crippen MR) is 103 cm³/mol. The molecular formula is C20H28N4O3. The van der Waals surface area contributed by atoms with E-state index in [0.29, 0.717) is 24.8 Å². The molecule has 2 saturated heterocycles. The van der Waals surface area contributed by atoms with Crippen LogP contribution in [0.4, 0.5) is 5.69 Å². The molecule has 2 fully saturated rings. The van der Waals surface area contributed by atoms with Gasteiger partial charge in [0.1, 0.15) is 5.75 Å². The molecule has 4 rings (SSSR count). The van der Waals surface area contributed by atoms with Crippen molar-refractivity contribution in [1.29, 1.82) is 0 Å².